The van der Waals surface area contributed by atoms with Gasteiger partial charge in [0.1, 0.15) is 0 Å². The third-order valence-electron chi connectivity index (χ3n) is 4.62. The second-order valence-corrected chi connectivity index (χ2v) is 6.73. The Hall–Kier alpha value is -3.41. The van der Waals surface area contributed by atoms with Crippen LogP contribution in [-0.2, 0) is 6.54 Å². The van der Waals surface area contributed by atoms with Crippen molar-refractivity contribution in [3.63, 3.8) is 0 Å². The fourth-order valence-electron chi connectivity index (χ4n) is 3.31. The number of allylic oxidation sites excluding steroid dienone is 1. The summed E-state index contributed by atoms with van der Waals surface area (Å²) in [4.78, 5) is 15.1. The third kappa shape index (κ3) is 2.89. The van der Waals surface area contributed by atoms with Crippen molar-refractivity contribution in [1.29, 1.82) is 0 Å². The van der Waals surface area contributed by atoms with Crippen LogP contribution >= 0.6 is 0 Å². The van der Waals surface area contributed by atoms with E-state index in [-0.39, 0.29) is 5.56 Å². The van der Waals surface area contributed by atoms with Gasteiger partial charge < -0.3 is 4.90 Å². The van der Waals surface area contributed by atoms with E-state index in [0.29, 0.717) is 23.7 Å². The minimum absolute atomic E-state index is 0.0500. The number of anilines is 1. The summed E-state index contributed by atoms with van der Waals surface area (Å²) in [5.74, 6) is 1.24. The minimum atomic E-state index is -0.0500. The highest BCUT2D eigenvalue weighted by Crippen LogP contribution is 2.21. The van der Waals surface area contributed by atoms with E-state index in [1.54, 1.807) is 4.57 Å². The zero-order valence-corrected chi connectivity index (χ0v) is 15.6. The molecule has 6 heteroatoms. The van der Waals surface area contributed by atoms with Crippen molar-refractivity contribution in [1.82, 2.24) is 19.2 Å². The molecule has 0 amide bonds. The van der Waals surface area contributed by atoms with Crippen LogP contribution in [-0.4, -0.2) is 33.3 Å². The number of hydrogen-bond acceptors (Lipinski definition) is 4. The molecule has 0 aliphatic carbocycles. The van der Waals surface area contributed by atoms with Crippen LogP contribution in [0, 0.1) is 6.92 Å². The molecule has 27 heavy (non-hydrogen) atoms. The molecule has 0 fully saturated rings. The standard InChI is InChI=1S/C21H21N5O/c1-15-9-7-13-17-18(15)19(27)25(14-8-12-16-10-5-4-6-11-16)21-23-22-20(24(2)3)26(17)21/h4-13H,14H2,1-3H3/b12-8+. The van der Waals surface area contributed by atoms with Gasteiger partial charge in [-0.1, -0.05) is 54.6 Å². The van der Waals surface area contributed by atoms with Crippen molar-refractivity contribution in [3.05, 3.63) is 76.1 Å². The molecule has 0 saturated heterocycles. The van der Waals surface area contributed by atoms with Crippen LogP contribution in [0.3, 0.4) is 0 Å². The maximum absolute atomic E-state index is 13.2. The topological polar surface area (TPSA) is 55.4 Å². The van der Waals surface area contributed by atoms with Crippen molar-refractivity contribution in [2.24, 2.45) is 0 Å². The number of fused-ring (bicyclic) bond motifs is 3. The Morgan fingerprint density at radius 2 is 1.81 bits per heavy atom. The lowest BCUT2D eigenvalue weighted by Crippen LogP contribution is -2.24. The van der Waals surface area contributed by atoms with E-state index in [9.17, 15) is 4.79 Å². The van der Waals surface area contributed by atoms with Gasteiger partial charge in [-0.3, -0.25) is 9.36 Å². The maximum atomic E-state index is 13.2. The molecule has 0 radical (unpaired) electrons. The first-order valence-electron chi connectivity index (χ1n) is 8.84. The molecule has 0 bridgehead atoms. The summed E-state index contributed by atoms with van der Waals surface area (Å²) in [5.41, 5.74) is 2.81. The maximum Gasteiger partial charge on any atom is 0.263 e. The van der Waals surface area contributed by atoms with Crippen molar-refractivity contribution in [3.8, 4) is 0 Å². The lowest BCUT2D eigenvalue weighted by atomic mass is 10.1. The third-order valence-corrected chi connectivity index (χ3v) is 4.62. The van der Waals surface area contributed by atoms with Gasteiger partial charge in [-0.15, -0.1) is 10.2 Å². The van der Waals surface area contributed by atoms with E-state index < -0.39 is 0 Å². The molecule has 4 aromatic rings. The first kappa shape index (κ1) is 17.0. The highest BCUT2D eigenvalue weighted by molar-refractivity contribution is 5.84. The summed E-state index contributed by atoms with van der Waals surface area (Å²) in [6.45, 7) is 2.38. The predicted octanol–water partition coefficient (Wildman–Crippen LogP) is 3.13. The highest BCUT2D eigenvalue weighted by atomic mass is 16.1. The van der Waals surface area contributed by atoms with Gasteiger partial charge in [-0.2, -0.15) is 0 Å². The summed E-state index contributed by atoms with van der Waals surface area (Å²) >= 11 is 0. The average Bonchev–Trinajstić information content (AvgIpc) is 3.10. The summed E-state index contributed by atoms with van der Waals surface area (Å²) in [5, 5.41) is 9.30. The van der Waals surface area contributed by atoms with Gasteiger partial charge in [0, 0.05) is 20.6 Å². The first-order valence-corrected chi connectivity index (χ1v) is 8.84. The molecule has 0 atom stereocenters. The lowest BCUT2D eigenvalue weighted by Gasteiger charge is -2.14. The van der Waals surface area contributed by atoms with Crippen LogP contribution in [0.4, 0.5) is 5.95 Å². The molecule has 0 unspecified atom stereocenters. The Balaban J connectivity index is 1.94. The van der Waals surface area contributed by atoms with Gasteiger partial charge >= 0.3 is 0 Å². The second kappa shape index (κ2) is 6.72. The van der Waals surface area contributed by atoms with Crippen LogP contribution in [0.15, 0.2) is 59.4 Å². The Kier molecular flexibility index (Phi) is 4.24. The minimum Gasteiger partial charge on any atom is -0.347 e. The summed E-state index contributed by atoms with van der Waals surface area (Å²) in [6.07, 6.45) is 3.99. The monoisotopic (exact) mass is 359 g/mol. The van der Waals surface area contributed by atoms with Crippen molar-refractivity contribution >= 4 is 28.7 Å². The molecule has 4 rings (SSSR count). The van der Waals surface area contributed by atoms with Crippen molar-refractivity contribution in [2.75, 3.05) is 19.0 Å². The van der Waals surface area contributed by atoms with Gasteiger partial charge in [0.05, 0.1) is 10.9 Å². The highest BCUT2D eigenvalue weighted by Gasteiger charge is 2.17. The number of rotatable bonds is 4. The van der Waals surface area contributed by atoms with Crippen molar-refractivity contribution in [2.45, 2.75) is 13.5 Å². The number of aryl methyl sites for hydroxylation is 1. The molecule has 0 N–H and O–H groups in total. The number of aromatic nitrogens is 4. The van der Waals surface area contributed by atoms with E-state index in [1.165, 1.54) is 0 Å². The molecule has 2 aromatic heterocycles. The Labute approximate surface area is 157 Å². The van der Waals surface area contributed by atoms with Crippen molar-refractivity contribution < 1.29 is 0 Å². The van der Waals surface area contributed by atoms with Gasteiger partial charge in [-0.05, 0) is 24.1 Å². The number of nitrogens with zero attached hydrogens (tertiary/aromatic N) is 5. The number of benzene rings is 2. The van der Waals surface area contributed by atoms with E-state index in [2.05, 4.69) is 10.2 Å². The average molecular weight is 359 g/mol. The molecular weight excluding hydrogens is 338 g/mol. The van der Waals surface area contributed by atoms with Crippen LogP contribution < -0.4 is 10.5 Å². The normalized spacial score (nSPS) is 11.7. The quantitative estimate of drug-likeness (QED) is 0.562. The van der Waals surface area contributed by atoms with Gasteiger partial charge in [0.25, 0.3) is 5.56 Å². The van der Waals surface area contributed by atoms with E-state index in [1.807, 2.05) is 91.0 Å². The van der Waals surface area contributed by atoms with E-state index >= 15 is 0 Å². The van der Waals surface area contributed by atoms with Gasteiger partial charge in [0.15, 0.2) is 0 Å². The van der Waals surface area contributed by atoms with Crippen LogP contribution in [0.2, 0.25) is 0 Å². The summed E-state index contributed by atoms with van der Waals surface area (Å²) in [6, 6.07) is 15.9. The zero-order valence-electron chi connectivity index (χ0n) is 15.6. The van der Waals surface area contributed by atoms with Crippen LogP contribution in [0.1, 0.15) is 11.1 Å². The molecule has 136 valence electrons. The molecule has 0 aliphatic heterocycles. The fourth-order valence-corrected chi connectivity index (χ4v) is 3.31. The first-order chi connectivity index (χ1) is 13.1. The smallest absolute Gasteiger partial charge is 0.263 e. The largest absolute Gasteiger partial charge is 0.347 e. The van der Waals surface area contributed by atoms with Crippen LogP contribution in [0.5, 0.6) is 0 Å². The van der Waals surface area contributed by atoms with Gasteiger partial charge in [0.2, 0.25) is 11.7 Å². The Morgan fingerprint density at radius 1 is 1.04 bits per heavy atom. The predicted molar refractivity (Wildman–Crippen MR) is 109 cm³/mol. The molecule has 2 heterocycles. The zero-order chi connectivity index (χ0) is 19.0. The van der Waals surface area contributed by atoms with Crippen LogP contribution in [0.25, 0.3) is 22.8 Å². The second-order valence-electron chi connectivity index (χ2n) is 6.73. The lowest BCUT2D eigenvalue weighted by molar-refractivity contribution is 0.786. The molecule has 6 nitrogen and oxygen atoms in total. The number of hydrogen-bond donors (Lipinski definition) is 0. The molecule has 0 saturated carbocycles. The Morgan fingerprint density at radius 3 is 2.56 bits per heavy atom. The molecule has 2 aromatic carbocycles. The summed E-state index contributed by atoms with van der Waals surface area (Å²) < 4.78 is 3.62. The molecule has 0 aliphatic rings. The Bertz CT molecular complexity index is 1200. The molecule has 0 spiro atoms. The summed E-state index contributed by atoms with van der Waals surface area (Å²) in [7, 11) is 3.84. The molecular formula is C21H21N5O. The van der Waals surface area contributed by atoms with E-state index in [4.69, 9.17) is 0 Å². The van der Waals surface area contributed by atoms with E-state index in [0.717, 1.165) is 16.6 Å². The van der Waals surface area contributed by atoms with Gasteiger partial charge in [-0.25, -0.2) is 4.40 Å². The fraction of sp³-hybridized carbons (Fsp3) is 0.190. The SMILES string of the molecule is Cc1cccc2c1c(=O)n(C/C=C/c1ccccc1)c1nnc(N(C)C)n21.